The Morgan fingerprint density at radius 2 is 1.92 bits per heavy atom. The monoisotopic (exact) mass is 354 g/mol. The van der Waals surface area contributed by atoms with E-state index in [2.05, 4.69) is 22.6 Å². The fourth-order valence-corrected chi connectivity index (χ4v) is 2.78. The summed E-state index contributed by atoms with van der Waals surface area (Å²) < 4.78 is 5.27. The molecule has 0 saturated carbocycles. The van der Waals surface area contributed by atoms with Crippen LogP contribution in [0.15, 0.2) is 12.1 Å². The van der Waals surface area contributed by atoms with Crippen molar-refractivity contribution in [3.8, 4) is 5.75 Å². The van der Waals surface area contributed by atoms with Gasteiger partial charge >= 0.3 is 0 Å². The van der Waals surface area contributed by atoms with E-state index in [1.807, 2.05) is 5.01 Å². The smallest absolute Gasteiger partial charge is 0.269 e. The first-order valence-corrected chi connectivity index (χ1v) is 8.25. The number of anilines is 1. The molecule has 0 radical (unpaired) electrons. The minimum Gasteiger partial charge on any atom is -0.496 e. The summed E-state index contributed by atoms with van der Waals surface area (Å²) in [5.41, 5.74) is 3.62. The summed E-state index contributed by atoms with van der Waals surface area (Å²) >= 11 is 6.16. The van der Waals surface area contributed by atoms with Gasteiger partial charge in [-0.25, -0.2) is 5.01 Å². The van der Waals surface area contributed by atoms with Crippen molar-refractivity contribution in [2.45, 2.75) is 13.8 Å². The minimum absolute atomic E-state index is 0.245. The molecule has 1 heterocycles. The lowest BCUT2D eigenvalue weighted by Crippen LogP contribution is -2.53. The highest BCUT2D eigenvalue weighted by Crippen LogP contribution is 2.31. The van der Waals surface area contributed by atoms with Crippen LogP contribution in [0.5, 0.6) is 5.75 Å². The standard InChI is InChI=1S/C16H23ClN4O3/c1-4-20-5-7-21(8-6-20)19-16(23)12-9-13(17)14(18-11(2)22)10-15(12)24-3/h9-10H,4-8H2,1-3H3,(H,18,22)(H,19,23). The summed E-state index contributed by atoms with van der Waals surface area (Å²) in [6.07, 6.45) is 0. The van der Waals surface area contributed by atoms with Gasteiger partial charge < -0.3 is 15.0 Å². The molecule has 0 spiro atoms. The molecule has 2 amide bonds. The number of benzene rings is 1. The highest BCUT2D eigenvalue weighted by molar-refractivity contribution is 6.34. The summed E-state index contributed by atoms with van der Waals surface area (Å²) in [5.74, 6) is -0.175. The molecule has 0 bridgehead atoms. The predicted octanol–water partition coefficient (Wildman–Crippen LogP) is 1.59. The van der Waals surface area contributed by atoms with E-state index in [0.29, 0.717) is 17.0 Å². The van der Waals surface area contributed by atoms with E-state index >= 15 is 0 Å². The van der Waals surface area contributed by atoms with Gasteiger partial charge in [0.1, 0.15) is 5.75 Å². The number of carbonyl (C=O) groups is 2. The number of methoxy groups -OCH3 is 1. The Balaban J connectivity index is 2.11. The van der Waals surface area contributed by atoms with Gasteiger partial charge in [0.15, 0.2) is 0 Å². The molecular formula is C16H23ClN4O3. The molecule has 0 unspecified atom stereocenters. The van der Waals surface area contributed by atoms with Crippen molar-refractivity contribution in [3.63, 3.8) is 0 Å². The first-order valence-electron chi connectivity index (χ1n) is 7.88. The lowest BCUT2D eigenvalue weighted by Gasteiger charge is -2.34. The molecule has 1 aromatic rings. The Morgan fingerprint density at radius 3 is 2.46 bits per heavy atom. The van der Waals surface area contributed by atoms with Gasteiger partial charge in [-0.05, 0) is 12.6 Å². The van der Waals surface area contributed by atoms with Gasteiger partial charge in [-0.1, -0.05) is 18.5 Å². The molecule has 1 aliphatic rings. The summed E-state index contributed by atoms with van der Waals surface area (Å²) in [4.78, 5) is 26.1. The maximum atomic E-state index is 12.5. The van der Waals surface area contributed by atoms with E-state index in [0.717, 1.165) is 32.7 Å². The van der Waals surface area contributed by atoms with Gasteiger partial charge in [-0.3, -0.25) is 15.0 Å². The third-order valence-electron chi connectivity index (χ3n) is 3.92. The SMILES string of the molecule is CCN1CCN(NC(=O)c2cc(Cl)c(NC(C)=O)cc2OC)CC1. The molecule has 1 saturated heterocycles. The summed E-state index contributed by atoms with van der Waals surface area (Å²) in [6.45, 7) is 7.87. The highest BCUT2D eigenvalue weighted by Gasteiger charge is 2.21. The number of rotatable bonds is 5. The number of hydrogen-bond donors (Lipinski definition) is 2. The molecule has 132 valence electrons. The average Bonchev–Trinajstić information content (AvgIpc) is 2.56. The van der Waals surface area contributed by atoms with Crippen molar-refractivity contribution >= 4 is 29.1 Å². The number of amides is 2. The van der Waals surface area contributed by atoms with Crippen molar-refractivity contribution in [2.75, 3.05) is 45.2 Å². The van der Waals surface area contributed by atoms with Crippen LogP contribution in [0.1, 0.15) is 24.2 Å². The van der Waals surface area contributed by atoms with Gasteiger partial charge in [0.05, 0.1) is 23.4 Å². The van der Waals surface area contributed by atoms with Gasteiger partial charge in [0.25, 0.3) is 5.91 Å². The first kappa shape index (κ1) is 18.5. The minimum atomic E-state index is -0.284. The first-order chi connectivity index (χ1) is 11.4. The second kappa shape index (κ2) is 8.32. The van der Waals surface area contributed by atoms with Crippen molar-refractivity contribution in [1.82, 2.24) is 15.3 Å². The Labute approximate surface area is 146 Å². The second-order valence-corrected chi connectivity index (χ2v) is 5.98. The largest absolute Gasteiger partial charge is 0.496 e. The number of likely N-dealkylation sites (N-methyl/N-ethyl adjacent to an activating group) is 1. The third kappa shape index (κ3) is 4.59. The van der Waals surface area contributed by atoms with Gasteiger partial charge in [0, 0.05) is 39.2 Å². The van der Waals surface area contributed by atoms with Crippen LogP contribution in [0.4, 0.5) is 5.69 Å². The Kier molecular flexibility index (Phi) is 6.42. The van der Waals surface area contributed by atoms with E-state index in [4.69, 9.17) is 16.3 Å². The van der Waals surface area contributed by atoms with Crippen LogP contribution in [0.25, 0.3) is 0 Å². The molecule has 0 aromatic heterocycles. The molecule has 7 nitrogen and oxygen atoms in total. The van der Waals surface area contributed by atoms with Crippen LogP contribution in [0.2, 0.25) is 5.02 Å². The number of carbonyl (C=O) groups excluding carboxylic acids is 2. The molecule has 0 aliphatic carbocycles. The number of piperazine rings is 1. The summed E-state index contributed by atoms with van der Waals surface area (Å²) in [6, 6.07) is 3.05. The normalized spacial score (nSPS) is 15.8. The molecule has 24 heavy (non-hydrogen) atoms. The van der Waals surface area contributed by atoms with Crippen molar-refractivity contribution in [3.05, 3.63) is 22.7 Å². The van der Waals surface area contributed by atoms with Crippen LogP contribution in [0.3, 0.4) is 0 Å². The maximum Gasteiger partial charge on any atom is 0.269 e. The number of nitrogens with one attached hydrogen (secondary N) is 2. The zero-order valence-electron chi connectivity index (χ0n) is 14.2. The topological polar surface area (TPSA) is 73.9 Å². The van der Waals surface area contributed by atoms with Gasteiger partial charge in [-0.15, -0.1) is 0 Å². The van der Waals surface area contributed by atoms with Gasteiger partial charge in [-0.2, -0.15) is 0 Å². The fourth-order valence-electron chi connectivity index (χ4n) is 2.56. The summed E-state index contributed by atoms with van der Waals surface area (Å²) in [5, 5.41) is 4.78. The van der Waals surface area contributed by atoms with Gasteiger partial charge in [0.2, 0.25) is 5.91 Å². The molecule has 8 heteroatoms. The molecule has 2 rings (SSSR count). The lowest BCUT2D eigenvalue weighted by atomic mass is 10.1. The average molecular weight is 355 g/mol. The number of halogens is 1. The lowest BCUT2D eigenvalue weighted by molar-refractivity contribution is -0.114. The van der Waals surface area contributed by atoms with Crippen LogP contribution in [-0.4, -0.2) is 61.6 Å². The molecule has 1 aromatic carbocycles. The van der Waals surface area contributed by atoms with E-state index in [1.54, 1.807) is 6.07 Å². The van der Waals surface area contributed by atoms with Crippen LogP contribution >= 0.6 is 11.6 Å². The predicted molar refractivity (Wildman–Crippen MR) is 93.5 cm³/mol. The van der Waals surface area contributed by atoms with E-state index in [1.165, 1.54) is 20.1 Å². The maximum absolute atomic E-state index is 12.5. The fraction of sp³-hybridized carbons (Fsp3) is 0.500. The number of hydrogen-bond acceptors (Lipinski definition) is 5. The van der Waals surface area contributed by atoms with E-state index in [-0.39, 0.29) is 16.8 Å². The molecule has 0 atom stereocenters. The quantitative estimate of drug-likeness (QED) is 0.840. The number of ether oxygens (including phenoxy) is 1. The van der Waals surface area contributed by atoms with E-state index in [9.17, 15) is 9.59 Å². The van der Waals surface area contributed by atoms with Crippen molar-refractivity contribution < 1.29 is 14.3 Å². The summed E-state index contributed by atoms with van der Waals surface area (Å²) in [7, 11) is 1.47. The van der Waals surface area contributed by atoms with Crippen molar-refractivity contribution in [2.24, 2.45) is 0 Å². The zero-order chi connectivity index (χ0) is 17.7. The Hall–Kier alpha value is -1.83. The zero-order valence-corrected chi connectivity index (χ0v) is 14.9. The van der Waals surface area contributed by atoms with Crippen molar-refractivity contribution in [1.29, 1.82) is 0 Å². The molecule has 2 N–H and O–H groups in total. The molecular weight excluding hydrogens is 332 g/mol. The second-order valence-electron chi connectivity index (χ2n) is 5.58. The Bertz CT molecular complexity index is 616. The van der Waals surface area contributed by atoms with E-state index < -0.39 is 0 Å². The number of nitrogens with zero attached hydrogens (tertiary/aromatic N) is 2. The van der Waals surface area contributed by atoms with Crippen LogP contribution in [0, 0.1) is 0 Å². The molecule has 1 aliphatic heterocycles. The van der Waals surface area contributed by atoms with Crippen LogP contribution in [-0.2, 0) is 4.79 Å². The van der Waals surface area contributed by atoms with Crippen LogP contribution < -0.4 is 15.5 Å². The molecule has 1 fully saturated rings. The number of hydrazine groups is 1. The highest BCUT2D eigenvalue weighted by atomic mass is 35.5. The Morgan fingerprint density at radius 1 is 1.25 bits per heavy atom. The third-order valence-corrected chi connectivity index (χ3v) is 4.24.